The minimum absolute atomic E-state index is 0.0674. The lowest BCUT2D eigenvalue weighted by molar-refractivity contribution is -0.384. The van der Waals surface area contributed by atoms with Gasteiger partial charge in [-0.05, 0) is 47.0 Å². The molecule has 1 aliphatic heterocycles. The van der Waals surface area contributed by atoms with E-state index in [1.165, 1.54) is 18.4 Å². The topological polar surface area (TPSA) is 92.9 Å². The molecule has 8 heteroatoms. The molecule has 166 valence electrons. The number of hydrogen-bond donors (Lipinski definition) is 0. The second-order valence-corrected chi connectivity index (χ2v) is 9.83. The van der Waals surface area contributed by atoms with Gasteiger partial charge in [-0.2, -0.15) is 0 Å². The second kappa shape index (κ2) is 9.27. The molecule has 7 nitrogen and oxygen atoms in total. The Balaban J connectivity index is 1.41. The van der Waals surface area contributed by atoms with Gasteiger partial charge in [-0.25, -0.2) is 13.4 Å². The fraction of sp³-hybridized carbons (Fsp3) is 0.160. The van der Waals surface area contributed by atoms with Gasteiger partial charge in [-0.15, -0.1) is 0 Å². The molecule has 0 aromatic heterocycles. The highest BCUT2D eigenvalue weighted by molar-refractivity contribution is 7.90. The molecular formula is C25H21N3O4S. The summed E-state index contributed by atoms with van der Waals surface area (Å²) < 4.78 is 23.3. The van der Waals surface area contributed by atoms with E-state index in [-0.39, 0.29) is 5.69 Å². The molecule has 33 heavy (non-hydrogen) atoms. The molecule has 0 saturated carbocycles. The fourth-order valence-corrected chi connectivity index (χ4v) is 4.11. The maximum Gasteiger partial charge on any atom is 0.269 e. The molecule has 4 rings (SSSR count). The molecule has 0 atom stereocenters. The van der Waals surface area contributed by atoms with Gasteiger partial charge in [0.2, 0.25) is 0 Å². The van der Waals surface area contributed by atoms with Crippen molar-refractivity contribution in [2.45, 2.75) is 24.4 Å². The Labute approximate surface area is 192 Å². The van der Waals surface area contributed by atoms with Gasteiger partial charge >= 0.3 is 0 Å². The van der Waals surface area contributed by atoms with Crippen molar-refractivity contribution in [3.63, 3.8) is 0 Å². The van der Waals surface area contributed by atoms with E-state index in [9.17, 15) is 18.5 Å². The Bertz CT molecular complexity index is 1380. The Morgan fingerprint density at radius 3 is 2.39 bits per heavy atom. The van der Waals surface area contributed by atoms with Gasteiger partial charge < -0.3 is 4.90 Å². The summed E-state index contributed by atoms with van der Waals surface area (Å²) in [5, 5.41) is 10.7. The largest absolute Gasteiger partial charge is 0.354 e. The smallest absolute Gasteiger partial charge is 0.269 e. The minimum Gasteiger partial charge on any atom is -0.354 e. The summed E-state index contributed by atoms with van der Waals surface area (Å²) >= 11 is 0. The molecule has 0 bridgehead atoms. The number of aliphatic imine (C=N–C) groups is 1. The first-order valence-electron chi connectivity index (χ1n) is 10.2. The van der Waals surface area contributed by atoms with Crippen LogP contribution in [-0.2, 0) is 29.3 Å². The van der Waals surface area contributed by atoms with E-state index < -0.39 is 14.8 Å². The highest BCUT2D eigenvalue weighted by Crippen LogP contribution is 2.26. The Morgan fingerprint density at radius 2 is 1.73 bits per heavy atom. The monoisotopic (exact) mass is 459 g/mol. The van der Waals surface area contributed by atoms with Crippen molar-refractivity contribution in [2.75, 3.05) is 6.26 Å². The van der Waals surface area contributed by atoms with Gasteiger partial charge in [0.25, 0.3) is 5.69 Å². The van der Waals surface area contributed by atoms with Crippen LogP contribution in [0.25, 0.3) is 0 Å². The zero-order valence-electron chi connectivity index (χ0n) is 17.9. The summed E-state index contributed by atoms with van der Waals surface area (Å²) in [7, 11) is -3.21. The first kappa shape index (κ1) is 22.2. The number of nitro groups is 1. The normalized spacial score (nSPS) is 12.6. The third-order valence-corrected chi connectivity index (χ3v) is 6.35. The van der Waals surface area contributed by atoms with Crippen molar-refractivity contribution < 1.29 is 13.3 Å². The van der Waals surface area contributed by atoms with E-state index >= 15 is 0 Å². The van der Waals surface area contributed by atoms with Crippen LogP contribution in [-0.4, -0.2) is 30.8 Å². The molecule has 0 fully saturated rings. The molecule has 1 aliphatic rings. The van der Waals surface area contributed by atoms with Gasteiger partial charge in [-0.3, -0.25) is 10.1 Å². The third kappa shape index (κ3) is 5.64. The number of rotatable bonds is 5. The molecule has 0 unspecified atom stereocenters. The summed E-state index contributed by atoms with van der Waals surface area (Å²) in [6.07, 6.45) is 3.50. The summed E-state index contributed by atoms with van der Waals surface area (Å²) in [5.74, 6) is 6.28. The fourth-order valence-electron chi connectivity index (χ4n) is 3.48. The third-order valence-electron chi connectivity index (χ3n) is 5.22. The van der Waals surface area contributed by atoms with E-state index in [1.807, 2.05) is 30.3 Å². The van der Waals surface area contributed by atoms with Gasteiger partial charge in [0, 0.05) is 43.5 Å². The van der Waals surface area contributed by atoms with Crippen molar-refractivity contribution >= 4 is 27.6 Å². The predicted octanol–water partition coefficient (Wildman–Crippen LogP) is 4.27. The number of hydrogen-bond acceptors (Lipinski definition) is 6. The maximum atomic E-state index is 11.6. The highest BCUT2D eigenvalue weighted by Gasteiger charge is 2.13. The maximum absolute atomic E-state index is 11.6. The van der Waals surface area contributed by atoms with Crippen LogP contribution >= 0.6 is 0 Å². The zero-order chi connectivity index (χ0) is 23.4. The van der Waals surface area contributed by atoms with E-state index in [2.05, 4.69) is 21.7 Å². The molecule has 0 aliphatic carbocycles. The van der Waals surface area contributed by atoms with Crippen molar-refractivity contribution in [1.29, 1.82) is 0 Å². The lowest BCUT2D eigenvalue weighted by Crippen LogP contribution is -2.23. The summed E-state index contributed by atoms with van der Waals surface area (Å²) in [4.78, 5) is 17.2. The summed E-state index contributed by atoms with van der Waals surface area (Å²) in [5.41, 5.74) is 4.83. The number of nitro benzene ring substituents is 1. The second-order valence-electron chi connectivity index (χ2n) is 7.81. The Hall–Kier alpha value is -3.96. The number of benzene rings is 3. The molecule has 0 saturated heterocycles. The van der Waals surface area contributed by atoms with Crippen molar-refractivity contribution in [1.82, 2.24) is 4.90 Å². The Morgan fingerprint density at radius 1 is 1.03 bits per heavy atom. The summed E-state index contributed by atoms with van der Waals surface area (Å²) in [6, 6.07) is 19.2. The molecular weight excluding hydrogens is 438 g/mol. The van der Waals surface area contributed by atoms with E-state index in [1.54, 1.807) is 30.6 Å². The van der Waals surface area contributed by atoms with E-state index in [4.69, 9.17) is 0 Å². The number of sulfone groups is 1. The van der Waals surface area contributed by atoms with E-state index in [0.717, 1.165) is 27.9 Å². The van der Waals surface area contributed by atoms with Crippen molar-refractivity contribution in [3.05, 3.63) is 99.1 Å². The Kier molecular flexibility index (Phi) is 6.24. The molecule has 0 radical (unpaired) electrons. The van der Waals surface area contributed by atoms with Crippen molar-refractivity contribution in [2.24, 2.45) is 4.99 Å². The molecule has 0 amide bonds. The number of non-ortho nitro benzene ring substituents is 1. The average molecular weight is 460 g/mol. The van der Waals surface area contributed by atoms with Crippen LogP contribution in [0.3, 0.4) is 0 Å². The lowest BCUT2D eigenvalue weighted by atomic mass is 10.1. The molecule has 3 aromatic carbocycles. The molecule has 1 heterocycles. The van der Waals surface area contributed by atoms with Crippen LogP contribution in [0.15, 0.2) is 76.6 Å². The van der Waals surface area contributed by atoms with Crippen LogP contribution < -0.4 is 0 Å². The number of nitrogens with zero attached hydrogens (tertiary/aromatic N) is 3. The molecule has 3 aromatic rings. The van der Waals surface area contributed by atoms with Gasteiger partial charge in [0.05, 0.1) is 21.8 Å². The van der Waals surface area contributed by atoms with Crippen LogP contribution in [0.2, 0.25) is 0 Å². The van der Waals surface area contributed by atoms with Crippen molar-refractivity contribution in [3.8, 4) is 11.8 Å². The average Bonchev–Trinajstić information content (AvgIpc) is 2.79. The summed E-state index contributed by atoms with van der Waals surface area (Å²) in [6.45, 7) is 1.29. The van der Waals surface area contributed by atoms with E-state index in [0.29, 0.717) is 24.4 Å². The first-order valence-corrected chi connectivity index (χ1v) is 12.1. The van der Waals surface area contributed by atoms with Gasteiger partial charge in [0.1, 0.15) is 0 Å². The van der Waals surface area contributed by atoms with Crippen LogP contribution in [0.5, 0.6) is 0 Å². The van der Waals surface area contributed by atoms with Crippen LogP contribution in [0, 0.1) is 22.0 Å². The lowest BCUT2D eigenvalue weighted by Gasteiger charge is -2.24. The quantitative estimate of drug-likeness (QED) is 0.323. The zero-order valence-corrected chi connectivity index (χ0v) is 18.7. The van der Waals surface area contributed by atoms with Crippen LogP contribution in [0.4, 0.5) is 11.4 Å². The minimum atomic E-state index is -3.21. The predicted molar refractivity (Wildman–Crippen MR) is 127 cm³/mol. The standard InChI is InChI=1S/C25H21N3O4S/c1-33(31,32)24-12-7-21(8-13-24)16-27-17-22-15-20(9-14-25(22)26-18-27)4-2-3-19-5-10-23(11-6-19)28(29)30/h5-15,18H,3,16-17H2,1H3. The van der Waals surface area contributed by atoms with Gasteiger partial charge in [-0.1, -0.05) is 36.1 Å². The van der Waals surface area contributed by atoms with Gasteiger partial charge in [0.15, 0.2) is 9.84 Å². The SMILES string of the molecule is CS(=O)(=O)c1ccc(CN2C=Nc3ccc(C#CCc4ccc([N+](=O)[O-])cc4)cc3C2)cc1. The first-order chi connectivity index (χ1) is 15.8. The molecule has 0 spiro atoms. The highest BCUT2D eigenvalue weighted by atomic mass is 32.2. The molecule has 0 N–H and O–H groups in total. The van der Waals surface area contributed by atoms with Crippen LogP contribution in [0.1, 0.15) is 22.3 Å². The number of fused-ring (bicyclic) bond motifs is 1.